The van der Waals surface area contributed by atoms with Crippen LogP contribution in [0.3, 0.4) is 0 Å². The Morgan fingerprint density at radius 1 is 1.08 bits per heavy atom. The summed E-state index contributed by atoms with van der Waals surface area (Å²) in [6, 6.07) is 9.07. The first-order valence-electron chi connectivity index (χ1n) is 8.00. The summed E-state index contributed by atoms with van der Waals surface area (Å²) in [6.45, 7) is 5.60. The second-order valence-electron chi connectivity index (χ2n) is 6.24. The van der Waals surface area contributed by atoms with Crippen LogP contribution in [0.5, 0.6) is 0 Å². The van der Waals surface area contributed by atoms with E-state index in [1.807, 2.05) is 49.7 Å². The van der Waals surface area contributed by atoms with Crippen LogP contribution in [0.1, 0.15) is 44.3 Å². The van der Waals surface area contributed by atoms with Crippen molar-refractivity contribution < 1.29 is 20.5 Å². The summed E-state index contributed by atoms with van der Waals surface area (Å²) in [4.78, 5) is 15.3. The first-order valence-corrected chi connectivity index (χ1v) is 8.00. The molecule has 0 aliphatic rings. The molecule has 136 valence electrons. The molecule has 0 fully saturated rings. The number of aliphatic hydroxyl groups is 1. The van der Waals surface area contributed by atoms with E-state index in [2.05, 4.69) is 4.98 Å². The van der Waals surface area contributed by atoms with Gasteiger partial charge in [0.25, 0.3) is 0 Å². The molecule has 2 aromatic carbocycles. The van der Waals surface area contributed by atoms with Crippen LogP contribution in [-0.4, -0.2) is 31.2 Å². The Morgan fingerprint density at radius 2 is 1.73 bits per heavy atom. The van der Waals surface area contributed by atoms with Crippen molar-refractivity contribution in [2.75, 3.05) is 0 Å². The van der Waals surface area contributed by atoms with Crippen molar-refractivity contribution >= 4 is 5.97 Å². The predicted molar refractivity (Wildman–Crippen MR) is 98.9 cm³/mol. The summed E-state index contributed by atoms with van der Waals surface area (Å²) < 4.78 is 1.88. The average Bonchev–Trinajstić information content (AvgIpc) is 3.08. The van der Waals surface area contributed by atoms with Gasteiger partial charge in [-0.1, -0.05) is 6.07 Å². The molecule has 0 radical (unpaired) electrons. The molecular weight excluding hydrogens is 332 g/mol. The first kappa shape index (κ1) is 19.4. The lowest BCUT2D eigenvalue weighted by Crippen LogP contribution is -2.09. The van der Waals surface area contributed by atoms with E-state index in [1.165, 1.54) is 0 Å². The van der Waals surface area contributed by atoms with E-state index in [9.17, 15) is 15.0 Å². The molecule has 0 saturated carbocycles. The molecule has 26 heavy (non-hydrogen) atoms. The standard InChI is InChI=1S/C20H20N2O3.H2O/c1-12-4-5-16(22-7-6-21-11-22)10-17(12)19(23)18-13(2)8-15(20(24)25)9-14(18)3;/h4-11,19,23H,1-3H3,(H,24,25);1H2. The van der Waals surface area contributed by atoms with Gasteiger partial charge in [-0.3, -0.25) is 0 Å². The molecule has 0 aliphatic carbocycles. The second-order valence-corrected chi connectivity index (χ2v) is 6.24. The molecule has 0 amide bonds. The summed E-state index contributed by atoms with van der Waals surface area (Å²) in [5, 5.41) is 20.2. The average molecular weight is 354 g/mol. The highest BCUT2D eigenvalue weighted by molar-refractivity contribution is 5.88. The number of carbonyl (C=O) groups is 1. The van der Waals surface area contributed by atoms with Gasteiger partial charge in [-0.15, -0.1) is 0 Å². The van der Waals surface area contributed by atoms with E-state index in [0.717, 1.165) is 33.5 Å². The molecule has 3 aromatic rings. The lowest BCUT2D eigenvalue weighted by Gasteiger charge is -2.20. The van der Waals surface area contributed by atoms with Gasteiger partial charge < -0.3 is 20.3 Å². The molecule has 1 unspecified atom stereocenters. The molecule has 0 saturated heterocycles. The normalized spacial score (nSPS) is 11.7. The summed E-state index contributed by atoms with van der Waals surface area (Å²) in [6.07, 6.45) is 4.43. The van der Waals surface area contributed by atoms with Crippen LogP contribution in [0, 0.1) is 20.8 Å². The number of hydrogen-bond donors (Lipinski definition) is 2. The quantitative estimate of drug-likeness (QED) is 0.751. The molecule has 6 nitrogen and oxygen atoms in total. The largest absolute Gasteiger partial charge is 0.478 e. The highest BCUT2D eigenvalue weighted by atomic mass is 16.4. The van der Waals surface area contributed by atoms with Crippen LogP contribution in [0.25, 0.3) is 5.69 Å². The van der Waals surface area contributed by atoms with Crippen LogP contribution in [0.2, 0.25) is 0 Å². The Hall–Kier alpha value is -2.96. The van der Waals surface area contributed by atoms with E-state index in [-0.39, 0.29) is 11.0 Å². The van der Waals surface area contributed by atoms with E-state index < -0.39 is 12.1 Å². The molecule has 0 bridgehead atoms. The van der Waals surface area contributed by atoms with Crippen molar-refractivity contribution in [1.29, 1.82) is 0 Å². The molecule has 0 aliphatic heterocycles. The maximum absolute atomic E-state index is 11.2. The SMILES string of the molecule is Cc1ccc(-n2ccnc2)cc1C(O)c1c(C)cc(C(=O)O)cc1C.O. The van der Waals surface area contributed by atoms with Gasteiger partial charge in [-0.2, -0.15) is 0 Å². The summed E-state index contributed by atoms with van der Waals surface area (Å²) in [7, 11) is 0. The Labute approximate surface area is 151 Å². The first-order chi connectivity index (χ1) is 11.9. The predicted octanol–water partition coefficient (Wildman–Crippen LogP) is 2.75. The minimum atomic E-state index is -0.967. The maximum atomic E-state index is 11.2. The molecule has 1 atom stereocenters. The van der Waals surface area contributed by atoms with Gasteiger partial charge in [-0.25, -0.2) is 9.78 Å². The molecule has 4 N–H and O–H groups in total. The number of aromatic carboxylic acids is 1. The summed E-state index contributed by atoms with van der Waals surface area (Å²) >= 11 is 0. The lowest BCUT2D eigenvalue weighted by molar-refractivity contribution is 0.0696. The smallest absolute Gasteiger partial charge is 0.335 e. The molecule has 0 spiro atoms. The minimum absolute atomic E-state index is 0. The van der Waals surface area contributed by atoms with E-state index >= 15 is 0 Å². The van der Waals surface area contributed by atoms with Crippen molar-refractivity contribution in [3.05, 3.63) is 82.4 Å². The lowest BCUT2D eigenvalue weighted by atomic mass is 9.89. The van der Waals surface area contributed by atoms with Gasteiger partial charge in [0.1, 0.15) is 6.10 Å². The number of nitrogens with zero attached hydrogens (tertiary/aromatic N) is 2. The fourth-order valence-corrected chi connectivity index (χ4v) is 3.18. The van der Waals surface area contributed by atoms with Crippen LogP contribution in [0.15, 0.2) is 49.1 Å². The van der Waals surface area contributed by atoms with Crippen LogP contribution >= 0.6 is 0 Å². The van der Waals surface area contributed by atoms with Gasteiger partial charge in [0.2, 0.25) is 0 Å². The van der Waals surface area contributed by atoms with E-state index in [4.69, 9.17) is 0 Å². The summed E-state index contributed by atoms with van der Waals surface area (Å²) in [5.74, 6) is -0.967. The van der Waals surface area contributed by atoms with Crippen molar-refractivity contribution in [3.8, 4) is 5.69 Å². The second kappa shape index (κ2) is 7.51. The Bertz CT molecular complexity index is 910. The van der Waals surface area contributed by atoms with Crippen LogP contribution in [0.4, 0.5) is 0 Å². The number of imidazole rings is 1. The van der Waals surface area contributed by atoms with Gasteiger partial charge in [0, 0.05) is 18.1 Å². The fraction of sp³-hybridized carbons (Fsp3) is 0.200. The number of aryl methyl sites for hydroxylation is 3. The Balaban J connectivity index is 0.00000243. The third kappa shape index (κ3) is 3.51. The zero-order valence-electron chi connectivity index (χ0n) is 14.9. The number of aromatic nitrogens is 2. The zero-order chi connectivity index (χ0) is 18.1. The van der Waals surface area contributed by atoms with E-state index in [0.29, 0.717) is 0 Å². The van der Waals surface area contributed by atoms with Gasteiger partial charge >= 0.3 is 5.97 Å². The number of aliphatic hydroxyl groups excluding tert-OH is 1. The molecule has 1 heterocycles. The third-order valence-corrected chi connectivity index (χ3v) is 4.47. The van der Waals surface area contributed by atoms with Gasteiger partial charge in [-0.05, 0) is 72.9 Å². The number of carboxylic acids is 1. The van der Waals surface area contributed by atoms with Crippen molar-refractivity contribution in [1.82, 2.24) is 9.55 Å². The molecule has 3 rings (SSSR count). The Kier molecular flexibility index (Phi) is 5.59. The van der Waals surface area contributed by atoms with Gasteiger partial charge in [0.05, 0.1) is 11.9 Å². The van der Waals surface area contributed by atoms with E-state index in [1.54, 1.807) is 24.7 Å². The third-order valence-electron chi connectivity index (χ3n) is 4.47. The Morgan fingerprint density at radius 3 is 2.27 bits per heavy atom. The van der Waals surface area contributed by atoms with Crippen molar-refractivity contribution in [2.45, 2.75) is 26.9 Å². The zero-order valence-corrected chi connectivity index (χ0v) is 14.9. The van der Waals surface area contributed by atoms with Gasteiger partial charge in [0.15, 0.2) is 0 Å². The maximum Gasteiger partial charge on any atom is 0.335 e. The highest BCUT2D eigenvalue weighted by Gasteiger charge is 2.20. The number of benzene rings is 2. The van der Waals surface area contributed by atoms with Crippen LogP contribution in [-0.2, 0) is 0 Å². The van der Waals surface area contributed by atoms with Crippen molar-refractivity contribution in [3.63, 3.8) is 0 Å². The number of rotatable bonds is 4. The topological polar surface area (TPSA) is 107 Å². The fourth-order valence-electron chi connectivity index (χ4n) is 3.18. The van der Waals surface area contributed by atoms with Crippen molar-refractivity contribution in [2.24, 2.45) is 0 Å². The number of carboxylic acid groups (broad SMARTS) is 1. The number of hydrogen-bond acceptors (Lipinski definition) is 3. The summed E-state index contributed by atoms with van der Waals surface area (Å²) in [5.41, 5.74) is 5.17. The van der Waals surface area contributed by atoms with Crippen LogP contribution < -0.4 is 0 Å². The monoisotopic (exact) mass is 354 g/mol. The molecule has 6 heteroatoms. The minimum Gasteiger partial charge on any atom is -0.478 e. The molecule has 1 aromatic heterocycles. The molecular formula is C20H22N2O4. The highest BCUT2D eigenvalue weighted by Crippen LogP contribution is 2.31.